The number of hydrogen-bond acceptors (Lipinski definition) is 13. The Hall–Kier alpha value is -2.92. The van der Waals surface area contributed by atoms with Gasteiger partial charge in [0.2, 0.25) is 0 Å². The fourth-order valence-electron chi connectivity index (χ4n) is 3.23. The molecular formula is C28H46N4O11. The van der Waals surface area contributed by atoms with Crippen molar-refractivity contribution < 1.29 is 52.2 Å². The lowest BCUT2D eigenvalue weighted by Gasteiger charge is -2.21. The summed E-state index contributed by atoms with van der Waals surface area (Å²) in [6, 6.07) is 0. The maximum absolute atomic E-state index is 11.6. The molecular weight excluding hydrogens is 568 g/mol. The lowest BCUT2D eigenvalue weighted by atomic mass is 10.3. The summed E-state index contributed by atoms with van der Waals surface area (Å²) < 4.78 is 52.1. The maximum Gasteiger partial charge on any atom is 0.419 e. The van der Waals surface area contributed by atoms with E-state index in [0.29, 0.717) is 52.9 Å². The van der Waals surface area contributed by atoms with Crippen LogP contribution >= 0.6 is 0 Å². The largest absolute Gasteiger partial charge is 0.446 e. The first-order chi connectivity index (χ1) is 20.8. The number of imidazole rings is 2. The van der Waals surface area contributed by atoms with Gasteiger partial charge < -0.3 is 42.6 Å². The van der Waals surface area contributed by atoms with Gasteiger partial charge in [0.1, 0.15) is 25.9 Å². The molecule has 43 heavy (non-hydrogen) atoms. The van der Waals surface area contributed by atoms with Crippen LogP contribution in [0.5, 0.6) is 0 Å². The van der Waals surface area contributed by atoms with Gasteiger partial charge >= 0.3 is 12.2 Å². The highest BCUT2D eigenvalue weighted by Crippen LogP contribution is 2.03. The van der Waals surface area contributed by atoms with Crippen molar-refractivity contribution in [1.29, 1.82) is 0 Å². The molecule has 4 atom stereocenters. The first-order valence-corrected chi connectivity index (χ1v) is 14.3. The summed E-state index contributed by atoms with van der Waals surface area (Å²) in [6.07, 6.45) is 7.37. The minimum Gasteiger partial charge on any atom is -0.446 e. The number of nitrogens with zero attached hydrogens (tertiary/aromatic N) is 4. The molecule has 0 amide bonds. The topological polar surface area (TPSA) is 153 Å². The Morgan fingerprint density at radius 3 is 1.40 bits per heavy atom. The zero-order valence-electron chi connectivity index (χ0n) is 25.5. The normalized spacial score (nSPS) is 14.2. The van der Waals surface area contributed by atoms with Crippen LogP contribution in [-0.2, 0) is 42.6 Å². The Balaban J connectivity index is 1.34. The van der Waals surface area contributed by atoms with Gasteiger partial charge in [0, 0.05) is 24.8 Å². The molecule has 2 heterocycles. The lowest BCUT2D eigenvalue weighted by molar-refractivity contribution is -0.0959. The molecule has 0 fully saturated rings. The third-order valence-corrected chi connectivity index (χ3v) is 5.54. The average Bonchev–Trinajstić information content (AvgIpc) is 3.74. The van der Waals surface area contributed by atoms with Gasteiger partial charge in [-0.15, -0.1) is 0 Å². The molecule has 0 radical (unpaired) electrons. The second-order valence-corrected chi connectivity index (χ2v) is 9.58. The zero-order chi connectivity index (χ0) is 31.1. The molecule has 2 aromatic heterocycles. The van der Waals surface area contributed by atoms with Crippen molar-refractivity contribution >= 4 is 12.2 Å². The molecule has 4 unspecified atom stereocenters. The predicted octanol–water partition coefficient (Wildman–Crippen LogP) is 2.42. The van der Waals surface area contributed by atoms with Crippen LogP contribution in [0.4, 0.5) is 9.59 Å². The summed E-state index contributed by atoms with van der Waals surface area (Å²) >= 11 is 0. The molecule has 0 aromatic carbocycles. The van der Waals surface area contributed by atoms with Crippen LogP contribution in [0.2, 0.25) is 0 Å². The minimum absolute atomic E-state index is 0.102. The molecule has 15 nitrogen and oxygen atoms in total. The van der Waals surface area contributed by atoms with Crippen molar-refractivity contribution in [2.75, 3.05) is 79.3 Å². The van der Waals surface area contributed by atoms with Gasteiger partial charge in [-0.25, -0.2) is 28.7 Å². The van der Waals surface area contributed by atoms with Crippen LogP contribution in [0, 0.1) is 0 Å². The average molecular weight is 615 g/mol. The summed E-state index contributed by atoms with van der Waals surface area (Å²) in [5.74, 6) is 0. The van der Waals surface area contributed by atoms with Gasteiger partial charge in [-0.1, -0.05) is 0 Å². The molecule has 15 heteroatoms. The van der Waals surface area contributed by atoms with Crippen LogP contribution in [0.25, 0.3) is 0 Å². The minimum atomic E-state index is -0.497. The van der Waals surface area contributed by atoms with E-state index in [1.165, 1.54) is 46.6 Å². The Morgan fingerprint density at radius 1 is 0.535 bits per heavy atom. The number of ether oxygens (including phenoxy) is 9. The molecule has 2 rings (SSSR count). The van der Waals surface area contributed by atoms with Gasteiger partial charge in [0.15, 0.2) is 0 Å². The SMILES string of the molecule is CC(COCCOCCOC(=O)n1ccnc1)OCC(C)OCC(C)OCC(C)OCCOCCOC(=O)n1ccnc1. The van der Waals surface area contributed by atoms with Crippen LogP contribution in [0.15, 0.2) is 37.4 Å². The summed E-state index contributed by atoms with van der Waals surface area (Å²) in [7, 11) is 0. The first kappa shape index (κ1) is 36.3. The fourth-order valence-corrected chi connectivity index (χ4v) is 3.23. The van der Waals surface area contributed by atoms with Gasteiger partial charge in [0.05, 0.1) is 90.5 Å². The van der Waals surface area contributed by atoms with Crippen molar-refractivity contribution in [1.82, 2.24) is 19.1 Å². The first-order valence-electron chi connectivity index (χ1n) is 14.3. The van der Waals surface area contributed by atoms with Crippen molar-refractivity contribution in [3.05, 3.63) is 37.4 Å². The third kappa shape index (κ3) is 17.7. The number of aromatic nitrogens is 4. The zero-order valence-corrected chi connectivity index (χ0v) is 25.5. The Morgan fingerprint density at radius 2 is 0.930 bits per heavy atom. The van der Waals surface area contributed by atoms with Crippen molar-refractivity contribution in [3.8, 4) is 0 Å². The van der Waals surface area contributed by atoms with E-state index in [2.05, 4.69) is 9.97 Å². The van der Waals surface area contributed by atoms with Crippen molar-refractivity contribution in [2.45, 2.75) is 52.1 Å². The molecule has 0 bridgehead atoms. The molecule has 0 aliphatic heterocycles. The molecule has 0 N–H and O–H groups in total. The van der Waals surface area contributed by atoms with Gasteiger partial charge in [0.25, 0.3) is 0 Å². The van der Waals surface area contributed by atoms with Crippen LogP contribution < -0.4 is 0 Å². The van der Waals surface area contributed by atoms with E-state index in [1.807, 2.05) is 27.7 Å². The maximum atomic E-state index is 11.6. The quantitative estimate of drug-likeness (QED) is 0.159. The Bertz CT molecular complexity index is 962. The van der Waals surface area contributed by atoms with E-state index in [9.17, 15) is 9.59 Å². The van der Waals surface area contributed by atoms with E-state index in [1.54, 1.807) is 0 Å². The van der Waals surface area contributed by atoms with Crippen LogP contribution in [0.3, 0.4) is 0 Å². The summed E-state index contributed by atoms with van der Waals surface area (Å²) in [5.41, 5.74) is 0. The highest BCUT2D eigenvalue weighted by molar-refractivity contribution is 5.70. The van der Waals surface area contributed by atoms with E-state index in [4.69, 9.17) is 42.6 Å². The third-order valence-electron chi connectivity index (χ3n) is 5.54. The van der Waals surface area contributed by atoms with Gasteiger partial charge in [-0.05, 0) is 27.7 Å². The number of carbonyl (C=O) groups excluding carboxylic acids is 2. The molecule has 0 aliphatic carbocycles. The molecule has 0 aliphatic rings. The molecule has 244 valence electrons. The Labute approximate surface area is 252 Å². The number of carbonyl (C=O) groups is 2. The number of hydrogen-bond donors (Lipinski definition) is 0. The van der Waals surface area contributed by atoms with Gasteiger partial charge in [-0.2, -0.15) is 0 Å². The van der Waals surface area contributed by atoms with Crippen molar-refractivity contribution in [2.24, 2.45) is 0 Å². The highest BCUT2D eigenvalue weighted by atomic mass is 16.6. The molecule has 0 saturated heterocycles. The molecule has 2 aromatic rings. The van der Waals surface area contributed by atoms with E-state index in [-0.39, 0.29) is 50.8 Å². The second kappa shape index (κ2) is 22.6. The van der Waals surface area contributed by atoms with Crippen molar-refractivity contribution in [3.63, 3.8) is 0 Å². The highest BCUT2D eigenvalue weighted by Gasteiger charge is 2.12. The van der Waals surface area contributed by atoms with E-state index in [0.717, 1.165) is 0 Å². The molecule has 0 saturated carbocycles. The monoisotopic (exact) mass is 614 g/mol. The summed E-state index contributed by atoms with van der Waals surface area (Å²) in [4.78, 5) is 30.8. The summed E-state index contributed by atoms with van der Waals surface area (Å²) in [6.45, 7) is 11.9. The van der Waals surface area contributed by atoms with Crippen LogP contribution in [0.1, 0.15) is 27.7 Å². The van der Waals surface area contributed by atoms with E-state index >= 15 is 0 Å². The predicted molar refractivity (Wildman–Crippen MR) is 152 cm³/mol. The number of rotatable bonds is 24. The van der Waals surface area contributed by atoms with Crippen LogP contribution in [-0.4, -0.2) is 135 Å². The second-order valence-electron chi connectivity index (χ2n) is 9.58. The smallest absolute Gasteiger partial charge is 0.419 e. The lowest BCUT2D eigenvalue weighted by Crippen LogP contribution is -2.28. The standard InChI is InChI=1S/C28H46N4O11/c1-23(17-37-10-9-35-12-15-39-27(33)31-7-5-29-21-31)41-19-25(3)43-20-26(4)42-18-24(2)38-14-11-36-13-16-40-28(34)32-8-6-30-22-32/h5-8,21-26H,9-20H2,1-4H3. The summed E-state index contributed by atoms with van der Waals surface area (Å²) in [5, 5.41) is 0. The Kier molecular flexibility index (Phi) is 19.1. The molecule has 0 spiro atoms. The fraction of sp³-hybridized carbons (Fsp3) is 0.714. The van der Waals surface area contributed by atoms with Gasteiger partial charge in [-0.3, -0.25) is 0 Å². The van der Waals surface area contributed by atoms with E-state index < -0.39 is 12.2 Å².